The van der Waals surface area contributed by atoms with E-state index in [4.69, 9.17) is 0 Å². The quantitative estimate of drug-likeness (QED) is 0.793. The highest BCUT2D eigenvalue weighted by atomic mass is 32.2. The molecule has 1 aromatic carbocycles. The molecule has 0 amide bonds. The highest BCUT2D eigenvalue weighted by Gasteiger charge is 2.22. The summed E-state index contributed by atoms with van der Waals surface area (Å²) in [6.07, 6.45) is 2.42. The van der Waals surface area contributed by atoms with Crippen molar-refractivity contribution >= 4 is 10.0 Å². The molecule has 0 aromatic heterocycles. The van der Waals surface area contributed by atoms with Gasteiger partial charge in [-0.3, -0.25) is 0 Å². The van der Waals surface area contributed by atoms with Crippen molar-refractivity contribution in [3.05, 3.63) is 29.3 Å². The summed E-state index contributed by atoms with van der Waals surface area (Å²) in [5.74, 6) is 0. The van der Waals surface area contributed by atoms with Crippen molar-refractivity contribution in [1.82, 2.24) is 10.0 Å². The van der Waals surface area contributed by atoms with Crippen LogP contribution in [0.3, 0.4) is 0 Å². The molecular formula is C16H26N2O2S. The van der Waals surface area contributed by atoms with Crippen LogP contribution in [0.25, 0.3) is 0 Å². The van der Waals surface area contributed by atoms with Gasteiger partial charge in [0.1, 0.15) is 0 Å². The minimum absolute atomic E-state index is 0.0640. The summed E-state index contributed by atoms with van der Waals surface area (Å²) < 4.78 is 27.6. The number of nitrogens with one attached hydrogen (secondary N) is 2. The van der Waals surface area contributed by atoms with Crippen LogP contribution in [0.4, 0.5) is 0 Å². The zero-order chi connectivity index (χ0) is 15.7. The first-order chi connectivity index (χ1) is 9.70. The topological polar surface area (TPSA) is 58.2 Å². The van der Waals surface area contributed by atoms with Gasteiger partial charge in [0.2, 0.25) is 10.0 Å². The maximum absolute atomic E-state index is 12.5. The fraction of sp³-hybridized carbons (Fsp3) is 0.625. The maximum atomic E-state index is 12.5. The van der Waals surface area contributed by atoms with Crippen LogP contribution in [0.1, 0.15) is 44.7 Å². The van der Waals surface area contributed by atoms with Crippen molar-refractivity contribution in [3.8, 4) is 0 Å². The molecule has 0 atom stereocenters. The Kier molecular flexibility index (Phi) is 4.76. The van der Waals surface area contributed by atoms with Gasteiger partial charge in [0.25, 0.3) is 0 Å². The molecule has 5 heteroatoms. The fourth-order valence-electron chi connectivity index (χ4n) is 2.18. The van der Waals surface area contributed by atoms with Crippen LogP contribution in [0.2, 0.25) is 0 Å². The lowest BCUT2D eigenvalue weighted by molar-refractivity contribution is 0.571. The molecule has 1 aliphatic carbocycles. The van der Waals surface area contributed by atoms with Crippen LogP contribution in [-0.2, 0) is 15.4 Å². The van der Waals surface area contributed by atoms with Crippen LogP contribution in [0, 0.1) is 6.92 Å². The van der Waals surface area contributed by atoms with Crippen LogP contribution in [0.15, 0.2) is 23.1 Å². The van der Waals surface area contributed by atoms with E-state index >= 15 is 0 Å². The standard InChI is InChI=1S/C16H26N2O2S/c1-12-5-6-13(16(2,3)4)11-15(12)21(19,20)18-10-9-17-14-7-8-14/h5-6,11,14,17-18H,7-10H2,1-4H3. The Morgan fingerprint density at radius 3 is 2.43 bits per heavy atom. The number of sulfonamides is 1. The number of hydrogen-bond donors (Lipinski definition) is 2. The largest absolute Gasteiger partial charge is 0.313 e. The summed E-state index contributed by atoms with van der Waals surface area (Å²) in [4.78, 5) is 0.390. The van der Waals surface area contributed by atoms with E-state index in [1.807, 2.05) is 19.1 Å². The van der Waals surface area contributed by atoms with E-state index in [1.165, 1.54) is 12.8 Å². The zero-order valence-corrected chi connectivity index (χ0v) is 14.2. The van der Waals surface area contributed by atoms with E-state index in [2.05, 4.69) is 30.8 Å². The molecule has 21 heavy (non-hydrogen) atoms. The summed E-state index contributed by atoms with van der Waals surface area (Å²) in [7, 11) is -3.44. The SMILES string of the molecule is Cc1ccc(C(C)(C)C)cc1S(=O)(=O)NCCNC1CC1. The summed E-state index contributed by atoms with van der Waals surface area (Å²) in [5.41, 5.74) is 1.75. The van der Waals surface area contributed by atoms with Gasteiger partial charge >= 0.3 is 0 Å². The van der Waals surface area contributed by atoms with Crippen molar-refractivity contribution in [2.24, 2.45) is 0 Å². The Hall–Kier alpha value is -0.910. The molecule has 1 saturated carbocycles. The number of aryl methyl sites for hydroxylation is 1. The Morgan fingerprint density at radius 2 is 1.86 bits per heavy atom. The Balaban J connectivity index is 2.10. The van der Waals surface area contributed by atoms with Crippen molar-refractivity contribution in [2.45, 2.75) is 56.9 Å². The van der Waals surface area contributed by atoms with Gasteiger partial charge < -0.3 is 5.32 Å². The molecule has 2 rings (SSSR count). The van der Waals surface area contributed by atoms with Crippen LogP contribution in [-0.4, -0.2) is 27.5 Å². The lowest BCUT2D eigenvalue weighted by Crippen LogP contribution is -2.33. The first-order valence-electron chi connectivity index (χ1n) is 7.54. The van der Waals surface area contributed by atoms with Gasteiger partial charge in [-0.2, -0.15) is 0 Å². The number of benzene rings is 1. The van der Waals surface area contributed by atoms with Crippen molar-refractivity contribution in [1.29, 1.82) is 0 Å². The molecule has 0 radical (unpaired) electrons. The van der Waals surface area contributed by atoms with E-state index in [-0.39, 0.29) is 5.41 Å². The molecule has 1 aliphatic rings. The second kappa shape index (κ2) is 6.07. The van der Waals surface area contributed by atoms with Gasteiger partial charge in [-0.1, -0.05) is 32.9 Å². The third kappa shape index (κ3) is 4.53. The van der Waals surface area contributed by atoms with E-state index in [0.717, 1.165) is 11.1 Å². The third-order valence-corrected chi connectivity index (χ3v) is 5.37. The third-order valence-electron chi connectivity index (χ3n) is 3.77. The molecule has 118 valence electrons. The minimum atomic E-state index is -3.44. The fourth-order valence-corrected chi connectivity index (χ4v) is 3.48. The van der Waals surface area contributed by atoms with Gasteiger partial charge in [0, 0.05) is 19.1 Å². The van der Waals surface area contributed by atoms with Gasteiger partial charge in [-0.05, 0) is 42.4 Å². The average Bonchev–Trinajstić information content (AvgIpc) is 3.17. The van der Waals surface area contributed by atoms with Crippen molar-refractivity contribution in [3.63, 3.8) is 0 Å². The second-order valence-electron chi connectivity index (χ2n) is 6.86. The summed E-state index contributed by atoms with van der Waals surface area (Å²) in [6, 6.07) is 6.28. The van der Waals surface area contributed by atoms with E-state index in [9.17, 15) is 8.42 Å². The first-order valence-corrected chi connectivity index (χ1v) is 9.03. The van der Waals surface area contributed by atoms with Gasteiger partial charge in [0.15, 0.2) is 0 Å². The van der Waals surface area contributed by atoms with Crippen molar-refractivity contribution in [2.75, 3.05) is 13.1 Å². The molecule has 1 aromatic rings. The zero-order valence-electron chi connectivity index (χ0n) is 13.4. The predicted molar refractivity (Wildman–Crippen MR) is 86.1 cm³/mol. The summed E-state index contributed by atoms with van der Waals surface area (Å²) >= 11 is 0. The van der Waals surface area contributed by atoms with Crippen LogP contribution in [0.5, 0.6) is 0 Å². The summed E-state index contributed by atoms with van der Waals surface area (Å²) in [6.45, 7) is 9.20. The number of hydrogen-bond acceptors (Lipinski definition) is 3. The molecule has 4 nitrogen and oxygen atoms in total. The molecule has 0 unspecified atom stereocenters. The normalized spacial score (nSPS) is 16.2. The van der Waals surface area contributed by atoms with Crippen molar-refractivity contribution < 1.29 is 8.42 Å². The predicted octanol–water partition coefficient (Wildman–Crippen LogP) is 2.32. The van der Waals surface area contributed by atoms with E-state index < -0.39 is 10.0 Å². The molecule has 0 saturated heterocycles. The lowest BCUT2D eigenvalue weighted by atomic mass is 9.87. The van der Waals surface area contributed by atoms with Gasteiger partial charge in [0.05, 0.1) is 4.90 Å². The van der Waals surface area contributed by atoms with Gasteiger partial charge in [-0.15, -0.1) is 0 Å². The highest BCUT2D eigenvalue weighted by Crippen LogP contribution is 2.26. The minimum Gasteiger partial charge on any atom is -0.313 e. The summed E-state index contributed by atoms with van der Waals surface area (Å²) in [5, 5.41) is 3.30. The Bertz CT molecular complexity index is 599. The van der Waals surface area contributed by atoms with Crippen LogP contribution < -0.4 is 10.0 Å². The molecular weight excluding hydrogens is 284 g/mol. The Labute approximate surface area is 128 Å². The molecule has 2 N–H and O–H groups in total. The molecule has 0 spiro atoms. The molecule has 0 aliphatic heterocycles. The van der Waals surface area contributed by atoms with E-state index in [0.29, 0.717) is 24.0 Å². The second-order valence-corrected chi connectivity index (χ2v) is 8.59. The van der Waals surface area contributed by atoms with E-state index in [1.54, 1.807) is 6.07 Å². The maximum Gasteiger partial charge on any atom is 0.240 e. The Morgan fingerprint density at radius 1 is 1.19 bits per heavy atom. The highest BCUT2D eigenvalue weighted by molar-refractivity contribution is 7.89. The smallest absolute Gasteiger partial charge is 0.240 e. The van der Waals surface area contributed by atoms with Crippen LogP contribution >= 0.6 is 0 Å². The molecule has 0 heterocycles. The molecule has 0 bridgehead atoms. The number of rotatable bonds is 6. The first kappa shape index (κ1) is 16.5. The van der Waals surface area contributed by atoms with Gasteiger partial charge in [-0.25, -0.2) is 13.1 Å². The lowest BCUT2D eigenvalue weighted by Gasteiger charge is -2.21. The molecule has 1 fully saturated rings. The monoisotopic (exact) mass is 310 g/mol. The average molecular weight is 310 g/mol.